The largest absolute Gasteiger partial charge is 0.337 e. The zero-order valence-corrected chi connectivity index (χ0v) is 15.9. The molecule has 0 bridgehead atoms. The number of hydrogen-bond acceptors (Lipinski definition) is 6. The van der Waals surface area contributed by atoms with Crippen LogP contribution in [0.3, 0.4) is 0 Å². The van der Waals surface area contributed by atoms with Crippen LogP contribution in [0.2, 0.25) is 0 Å². The maximum Gasteiger partial charge on any atom is 0.256 e. The molecule has 2 aromatic heterocycles. The topological polar surface area (TPSA) is 78.4 Å². The molecule has 1 fully saturated rings. The van der Waals surface area contributed by atoms with Gasteiger partial charge >= 0.3 is 0 Å². The van der Waals surface area contributed by atoms with Gasteiger partial charge in [0.05, 0.1) is 16.8 Å². The normalized spacial score (nSPS) is 14.0. The molecule has 142 valence electrons. The van der Waals surface area contributed by atoms with Crippen LogP contribution in [0.15, 0.2) is 59.6 Å². The molecule has 0 saturated carbocycles. The SMILES string of the molecule is O=C(Nc1ccccc1C(=O)N1CCN(c2ncccn2)CC1)c1ccsc1. The maximum atomic E-state index is 13.1. The van der Waals surface area contributed by atoms with Gasteiger partial charge in [-0.1, -0.05) is 12.1 Å². The predicted octanol–water partition coefficient (Wildman–Crippen LogP) is 2.75. The van der Waals surface area contributed by atoms with E-state index >= 15 is 0 Å². The van der Waals surface area contributed by atoms with Gasteiger partial charge in [0, 0.05) is 44.0 Å². The number of para-hydroxylation sites is 1. The van der Waals surface area contributed by atoms with E-state index in [-0.39, 0.29) is 11.8 Å². The van der Waals surface area contributed by atoms with Crippen molar-refractivity contribution in [2.45, 2.75) is 0 Å². The van der Waals surface area contributed by atoms with Crippen LogP contribution >= 0.6 is 11.3 Å². The molecule has 1 aliphatic heterocycles. The highest BCUT2D eigenvalue weighted by atomic mass is 32.1. The van der Waals surface area contributed by atoms with Crippen LogP contribution in [-0.2, 0) is 0 Å². The first-order chi connectivity index (χ1) is 13.7. The summed E-state index contributed by atoms with van der Waals surface area (Å²) in [5, 5.41) is 6.49. The maximum absolute atomic E-state index is 13.1. The van der Waals surface area contributed by atoms with Crippen LogP contribution in [0, 0.1) is 0 Å². The Hall–Kier alpha value is -3.26. The summed E-state index contributed by atoms with van der Waals surface area (Å²) >= 11 is 1.46. The smallest absolute Gasteiger partial charge is 0.256 e. The van der Waals surface area contributed by atoms with Gasteiger partial charge in [-0.2, -0.15) is 11.3 Å². The van der Waals surface area contributed by atoms with Crippen molar-refractivity contribution in [3.63, 3.8) is 0 Å². The van der Waals surface area contributed by atoms with E-state index in [0.29, 0.717) is 48.9 Å². The lowest BCUT2D eigenvalue weighted by atomic mass is 10.1. The Morgan fingerprint density at radius 1 is 0.964 bits per heavy atom. The average Bonchev–Trinajstić information content (AvgIpc) is 3.30. The molecule has 1 saturated heterocycles. The fourth-order valence-corrected chi connectivity index (χ4v) is 3.74. The molecule has 0 spiro atoms. The Labute approximate surface area is 166 Å². The van der Waals surface area contributed by atoms with Crippen molar-refractivity contribution in [1.29, 1.82) is 0 Å². The Morgan fingerprint density at radius 3 is 2.43 bits per heavy atom. The second-order valence-electron chi connectivity index (χ2n) is 6.34. The van der Waals surface area contributed by atoms with Gasteiger partial charge in [0.25, 0.3) is 11.8 Å². The lowest BCUT2D eigenvalue weighted by molar-refractivity contribution is 0.0747. The highest BCUT2D eigenvalue weighted by Gasteiger charge is 2.25. The zero-order valence-electron chi connectivity index (χ0n) is 15.1. The molecule has 0 aliphatic carbocycles. The van der Waals surface area contributed by atoms with E-state index < -0.39 is 0 Å². The first kappa shape index (κ1) is 18.1. The van der Waals surface area contributed by atoms with Gasteiger partial charge < -0.3 is 15.1 Å². The van der Waals surface area contributed by atoms with Crippen molar-refractivity contribution in [2.24, 2.45) is 0 Å². The molecular formula is C20H19N5O2S. The second kappa shape index (κ2) is 8.18. The fourth-order valence-electron chi connectivity index (χ4n) is 3.10. The van der Waals surface area contributed by atoms with Gasteiger partial charge in [0.2, 0.25) is 5.95 Å². The molecule has 0 atom stereocenters. The van der Waals surface area contributed by atoms with E-state index in [0.717, 1.165) is 0 Å². The van der Waals surface area contributed by atoms with E-state index in [9.17, 15) is 9.59 Å². The molecule has 8 heteroatoms. The molecule has 1 aromatic carbocycles. The van der Waals surface area contributed by atoms with Crippen LogP contribution in [0.25, 0.3) is 0 Å². The highest BCUT2D eigenvalue weighted by Crippen LogP contribution is 2.20. The summed E-state index contributed by atoms with van der Waals surface area (Å²) in [6, 6.07) is 10.7. The molecule has 2 amide bonds. The molecule has 4 rings (SSSR count). The van der Waals surface area contributed by atoms with Gasteiger partial charge in [-0.05, 0) is 29.6 Å². The number of aromatic nitrogens is 2. The van der Waals surface area contributed by atoms with Crippen LogP contribution in [0.5, 0.6) is 0 Å². The Balaban J connectivity index is 1.45. The number of rotatable bonds is 4. The molecule has 1 aliphatic rings. The van der Waals surface area contributed by atoms with Gasteiger partial charge in [0.15, 0.2) is 0 Å². The predicted molar refractivity (Wildman–Crippen MR) is 109 cm³/mol. The van der Waals surface area contributed by atoms with Crippen LogP contribution in [0.4, 0.5) is 11.6 Å². The summed E-state index contributed by atoms with van der Waals surface area (Å²) in [6.45, 7) is 2.48. The van der Waals surface area contributed by atoms with Gasteiger partial charge in [-0.25, -0.2) is 9.97 Å². The number of anilines is 2. The van der Waals surface area contributed by atoms with Gasteiger partial charge in [-0.15, -0.1) is 0 Å². The Bertz CT molecular complexity index is 954. The summed E-state index contributed by atoms with van der Waals surface area (Å²) in [5.41, 5.74) is 1.61. The number of hydrogen-bond donors (Lipinski definition) is 1. The fraction of sp³-hybridized carbons (Fsp3) is 0.200. The highest BCUT2D eigenvalue weighted by molar-refractivity contribution is 7.08. The first-order valence-corrected chi connectivity index (χ1v) is 9.90. The molecule has 28 heavy (non-hydrogen) atoms. The number of nitrogens with one attached hydrogen (secondary N) is 1. The summed E-state index contributed by atoms with van der Waals surface area (Å²) in [4.78, 5) is 37.8. The minimum absolute atomic E-state index is 0.0881. The minimum atomic E-state index is -0.215. The van der Waals surface area contributed by atoms with Crippen molar-refractivity contribution in [1.82, 2.24) is 14.9 Å². The molecular weight excluding hydrogens is 374 g/mol. The minimum Gasteiger partial charge on any atom is -0.337 e. The van der Waals surface area contributed by atoms with Crippen LogP contribution in [-0.4, -0.2) is 52.9 Å². The number of carbonyl (C=O) groups is 2. The molecule has 0 radical (unpaired) electrons. The standard InChI is InChI=1S/C20H19N5O2S/c26-18(15-6-13-28-14-15)23-17-5-2-1-4-16(17)19(27)24-9-11-25(12-10-24)20-21-7-3-8-22-20/h1-8,13-14H,9-12H2,(H,23,26). The molecule has 1 N–H and O–H groups in total. The number of benzene rings is 1. The number of carbonyl (C=O) groups excluding carboxylic acids is 2. The summed E-state index contributed by atoms with van der Waals surface area (Å²) in [5.74, 6) is 0.375. The molecule has 7 nitrogen and oxygen atoms in total. The van der Waals surface area contributed by atoms with E-state index in [4.69, 9.17) is 0 Å². The number of thiophene rings is 1. The Morgan fingerprint density at radius 2 is 1.71 bits per heavy atom. The van der Waals surface area contributed by atoms with E-state index in [1.54, 1.807) is 46.9 Å². The molecule has 0 unspecified atom stereocenters. The van der Waals surface area contributed by atoms with Crippen LogP contribution < -0.4 is 10.2 Å². The lowest BCUT2D eigenvalue weighted by Gasteiger charge is -2.35. The van der Waals surface area contributed by atoms with E-state index in [2.05, 4.69) is 20.2 Å². The number of piperazine rings is 1. The van der Waals surface area contributed by atoms with Crippen molar-refractivity contribution in [3.05, 3.63) is 70.7 Å². The van der Waals surface area contributed by atoms with Crippen LogP contribution in [0.1, 0.15) is 20.7 Å². The van der Waals surface area contributed by atoms with E-state index in [1.807, 2.05) is 17.5 Å². The quantitative estimate of drug-likeness (QED) is 0.737. The van der Waals surface area contributed by atoms with Crippen molar-refractivity contribution < 1.29 is 9.59 Å². The monoisotopic (exact) mass is 393 g/mol. The second-order valence-corrected chi connectivity index (χ2v) is 7.12. The van der Waals surface area contributed by atoms with Crippen molar-refractivity contribution in [3.8, 4) is 0 Å². The third-order valence-corrected chi connectivity index (χ3v) is 5.27. The summed E-state index contributed by atoms with van der Waals surface area (Å²) in [7, 11) is 0. The average molecular weight is 393 g/mol. The third-order valence-electron chi connectivity index (χ3n) is 4.59. The van der Waals surface area contributed by atoms with Gasteiger partial charge in [0.1, 0.15) is 0 Å². The van der Waals surface area contributed by atoms with Gasteiger partial charge in [-0.3, -0.25) is 9.59 Å². The lowest BCUT2D eigenvalue weighted by Crippen LogP contribution is -2.49. The number of nitrogens with zero attached hydrogens (tertiary/aromatic N) is 4. The van der Waals surface area contributed by atoms with Crippen molar-refractivity contribution in [2.75, 3.05) is 36.4 Å². The molecule has 3 heterocycles. The first-order valence-electron chi connectivity index (χ1n) is 8.96. The third kappa shape index (κ3) is 3.86. The summed E-state index contributed by atoms with van der Waals surface area (Å²) < 4.78 is 0. The molecule has 3 aromatic rings. The number of amides is 2. The Kier molecular flexibility index (Phi) is 5.29. The zero-order chi connectivity index (χ0) is 19.3. The van der Waals surface area contributed by atoms with E-state index in [1.165, 1.54) is 11.3 Å². The summed E-state index contributed by atoms with van der Waals surface area (Å²) in [6.07, 6.45) is 3.43. The van der Waals surface area contributed by atoms with Crippen molar-refractivity contribution >= 4 is 34.8 Å².